The quantitative estimate of drug-likeness (QED) is 0.632. The molecule has 0 bridgehead atoms. The van der Waals surface area contributed by atoms with Crippen LogP contribution in [-0.4, -0.2) is 41.5 Å². The van der Waals surface area contributed by atoms with Crippen molar-refractivity contribution in [2.24, 2.45) is 0 Å². The Morgan fingerprint density at radius 3 is 3.00 bits per heavy atom. The first kappa shape index (κ1) is 11.7. The molecule has 0 radical (unpaired) electrons. The molecule has 14 heavy (non-hydrogen) atoms. The maximum absolute atomic E-state index is 11.4. The molecule has 1 rings (SSSR count). The van der Waals surface area contributed by atoms with Gasteiger partial charge in [-0.3, -0.25) is 9.00 Å². The Kier molecular flexibility index (Phi) is 5.11. The summed E-state index contributed by atoms with van der Waals surface area (Å²) in [7, 11) is 0.381. The molecule has 2 atom stereocenters. The Morgan fingerprint density at radius 2 is 2.43 bits per heavy atom. The number of hydrogen-bond donors (Lipinski definition) is 0. The molecule has 1 fully saturated rings. The maximum atomic E-state index is 11.4. The zero-order valence-corrected chi connectivity index (χ0v) is 9.18. The lowest BCUT2D eigenvalue weighted by molar-refractivity contribution is -0.140. The van der Waals surface area contributed by atoms with Crippen molar-refractivity contribution in [2.75, 3.05) is 25.2 Å². The van der Waals surface area contributed by atoms with Crippen LogP contribution in [0.15, 0.2) is 0 Å². The van der Waals surface area contributed by atoms with Crippen LogP contribution < -0.4 is 0 Å². The van der Waals surface area contributed by atoms with E-state index in [1.54, 1.807) is 0 Å². The fourth-order valence-corrected chi connectivity index (χ4v) is 2.60. The van der Waals surface area contributed by atoms with E-state index in [1.807, 2.05) is 0 Å². The molecule has 1 aliphatic heterocycles. The van der Waals surface area contributed by atoms with Gasteiger partial charge in [0.25, 0.3) is 0 Å². The van der Waals surface area contributed by atoms with Gasteiger partial charge in [-0.25, -0.2) is 0 Å². The number of rotatable bonds is 5. The van der Waals surface area contributed by atoms with E-state index in [1.165, 1.54) is 7.11 Å². The summed E-state index contributed by atoms with van der Waals surface area (Å²) >= 11 is 0. The third kappa shape index (κ3) is 4.19. The van der Waals surface area contributed by atoms with Crippen molar-refractivity contribution in [1.29, 1.82) is 0 Å². The Labute approximate surface area is 86.4 Å². The number of methoxy groups -OCH3 is 1. The Balaban J connectivity index is 2.12. The zero-order valence-electron chi connectivity index (χ0n) is 8.36. The topological polar surface area (TPSA) is 52.6 Å². The monoisotopic (exact) mass is 220 g/mol. The highest BCUT2D eigenvalue weighted by molar-refractivity contribution is 7.85. The lowest BCUT2D eigenvalue weighted by Crippen LogP contribution is -2.18. The second kappa shape index (κ2) is 6.14. The van der Waals surface area contributed by atoms with Gasteiger partial charge in [0.15, 0.2) is 0 Å². The van der Waals surface area contributed by atoms with Crippen molar-refractivity contribution in [2.45, 2.75) is 25.4 Å². The summed E-state index contributed by atoms with van der Waals surface area (Å²) in [5.74, 6) is 0.634. The summed E-state index contributed by atoms with van der Waals surface area (Å²) in [6, 6.07) is 0. The summed E-state index contributed by atoms with van der Waals surface area (Å²) in [4.78, 5) is 10.8. The van der Waals surface area contributed by atoms with Crippen molar-refractivity contribution in [1.82, 2.24) is 0 Å². The maximum Gasteiger partial charge on any atom is 0.306 e. The first-order valence-electron chi connectivity index (χ1n) is 4.75. The van der Waals surface area contributed by atoms with Gasteiger partial charge in [0.1, 0.15) is 0 Å². The normalized spacial score (nSPS) is 23.4. The zero-order chi connectivity index (χ0) is 10.4. The van der Waals surface area contributed by atoms with Crippen LogP contribution in [0.3, 0.4) is 0 Å². The van der Waals surface area contributed by atoms with E-state index in [2.05, 4.69) is 4.74 Å². The lowest BCUT2D eigenvalue weighted by atomic mass is 10.3. The molecule has 2 unspecified atom stereocenters. The van der Waals surface area contributed by atoms with Crippen LogP contribution in [0.2, 0.25) is 0 Å². The standard InChI is InChI=1S/C9H16O4S/c1-12-9(10)4-6-14(11)7-8-3-2-5-13-8/h8H,2-7H2,1H3. The fraction of sp³-hybridized carbons (Fsp3) is 0.889. The van der Waals surface area contributed by atoms with Crippen molar-refractivity contribution < 1.29 is 18.5 Å². The molecule has 0 saturated carbocycles. The Bertz CT molecular complexity index is 211. The third-order valence-corrected chi connectivity index (χ3v) is 3.56. The highest BCUT2D eigenvalue weighted by Gasteiger charge is 2.18. The molecule has 1 heterocycles. The molecule has 1 saturated heterocycles. The van der Waals surface area contributed by atoms with Crippen LogP contribution in [0, 0.1) is 0 Å². The summed E-state index contributed by atoms with van der Waals surface area (Å²) < 4.78 is 21.3. The second-order valence-corrected chi connectivity index (χ2v) is 4.89. The predicted molar refractivity (Wildman–Crippen MR) is 53.5 cm³/mol. The number of esters is 1. The van der Waals surface area contributed by atoms with Crippen LogP contribution in [0.1, 0.15) is 19.3 Å². The minimum atomic E-state index is -0.958. The molecule has 0 aromatic rings. The summed E-state index contributed by atoms with van der Waals surface area (Å²) in [6.07, 6.45) is 2.41. The summed E-state index contributed by atoms with van der Waals surface area (Å²) in [6.45, 7) is 0.777. The van der Waals surface area contributed by atoms with E-state index in [-0.39, 0.29) is 18.5 Å². The largest absolute Gasteiger partial charge is 0.469 e. The van der Waals surface area contributed by atoms with Crippen LogP contribution in [0.25, 0.3) is 0 Å². The fourth-order valence-electron chi connectivity index (χ4n) is 1.37. The van der Waals surface area contributed by atoms with Gasteiger partial charge >= 0.3 is 5.97 Å². The minimum absolute atomic E-state index is 0.133. The molecule has 0 N–H and O–H groups in total. The lowest BCUT2D eigenvalue weighted by Gasteiger charge is -2.07. The molecule has 0 aromatic carbocycles. The molecule has 5 heteroatoms. The van der Waals surface area contributed by atoms with Crippen LogP contribution in [0.5, 0.6) is 0 Å². The average molecular weight is 220 g/mol. The smallest absolute Gasteiger partial charge is 0.306 e. The molecule has 1 aliphatic rings. The van der Waals surface area contributed by atoms with E-state index in [0.717, 1.165) is 19.4 Å². The van der Waals surface area contributed by atoms with Gasteiger partial charge in [0.2, 0.25) is 0 Å². The third-order valence-electron chi connectivity index (χ3n) is 2.16. The summed E-state index contributed by atoms with van der Waals surface area (Å²) in [5, 5.41) is 0. The Morgan fingerprint density at radius 1 is 1.64 bits per heavy atom. The molecule has 82 valence electrons. The molecule has 0 amide bonds. The molecule has 0 aliphatic carbocycles. The van der Waals surface area contributed by atoms with E-state index >= 15 is 0 Å². The van der Waals surface area contributed by atoms with E-state index in [4.69, 9.17) is 4.74 Å². The second-order valence-electron chi connectivity index (χ2n) is 3.27. The van der Waals surface area contributed by atoms with Gasteiger partial charge in [-0.2, -0.15) is 0 Å². The van der Waals surface area contributed by atoms with Crippen molar-refractivity contribution in [3.05, 3.63) is 0 Å². The van der Waals surface area contributed by atoms with Gasteiger partial charge in [-0.15, -0.1) is 0 Å². The predicted octanol–water partition coefficient (Wildman–Crippen LogP) is 0.477. The van der Waals surface area contributed by atoms with Crippen molar-refractivity contribution in [3.8, 4) is 0 Å². The number of carbonyl (C=O) groups excluding carboxylic acids is 1. The van der Waals surface area contributed by atoms with Gasteiger partial charge in [0, 0.05) is 28.9 Å². The SMILES string of the molecule is COC(=O)CCS(=O)CC1CCCO1. The van der Waals surface area contributed by atoms with Crippen molar-refractivity contribution >= 4 is 16.8 Å². The highest BCUT2D eigenvalue weighted by Crippen LogP contribution is 2.13. The number of ether oxygens (including phenoxy) is 2. The van der Waals surface area contributed by atoms with E-state index in [9.17, 15) is 9.00 Å². The highest BCUT2D eigenvalue weighted by atomic mass is 32.2. The van der Waals surface area contributed by atoms with Gasteiger partial charge in [-0.1, -0.05) is 0 Å². The van der Waals surface area contributed by atoms with Gasteiger partial charge in [-0.05, 0) is 12.8 Å². The van der Waals surface area contributed by atoms with E-state index < -0.39 is 10.8 Å². The summed E-state index contributed by atoms with van der Waals surface area (Å²) in [5.41, 5.74) is 0. The first-order valence-corrected chi connectivity index (χ1v) is 6.24. The number of hydrogen-bond acceptors (Lipinski definition) is 4. The van der Waals surface area contributed by atoms with Gasteiger partial charge in [0.05, 0.1) is 19.6 Å². The average Bonchev–Trinajstić information content (AvgIpc) is 2.66. The van der Waals surface area contributed by atoms with Gasteiger partial charge < -0.3 is 9.47 Å². The molecule has 0 aromatic heterocycles. The van der Waals surface area contributed by atoms with E-state index in [0.29, 0.717) is 11.5 Å². The Hall–Kier alpha value is -0.420. The molecule has 0 spiro atoms. The molecular formula is C9H16O4S. The van der Waals surface area contributed by atoms with Crippen LogP contribution in [0.4, 0.5) is 0 Å². The van der Waals surface area contributed by atoms with Crippen LogP contribution in [-0.2, 0) is 25.1 Å². The molecular weight excluding hydrogens is 204 g/mol. The van der Waals surface area contributed by atoms with Crippen molar-refractivity contribution in [3.63, 3.8) is 0 Å². The van der Waals surface area contributed by atoms with Crippen LogP contribution >= 0.6 is 0 Å². The minimum Gasteiger partial charge on any atom is -0.469 e. The first-order chi connectivity index (χ1) is 6.72. The number of carbonyl (C=O) groups is 1. The molecule has 4 nitrogen and oxygen atoms in total.